The van der Waals surface area contributed by atoms with Crippen LogP contribution in [0.15, 0.2) is 30.6 Å². The minimum absolute atomic E-state index is 0.441. The smallest absolute Gasteiger partial charge is 0.132 e. The standard InChI is InChI=1S/C15H17Cl2N3/c1-10(2)18-7-11-8-19-15(20-9-11)6-12-13(16)4-3-5-14(12)17/h3-5,8-10,18H,6-7H2,1-2H3. The number of nitrogens with one attached hydrogen (secondary N) is 1. The Morgan fingerprint density at radius 2 is 1.70 bits per heavy atom. The van der Waals surface area contributed by atoms with Gasteiger partial charge in [0.05, 0.1) is 0 Å². The SMILES string of the molecule is CC(C)NCc1cnc(Cc2c(Cl)cccc2Cl)nc1. The molecule has 0 amide bonds. The van der Waals surface area contributed by atoms with Crippen LogP contribution < -0.4 is 5.32 Å². The van der Waals surface area contributed by atoms with Gasteiger partial charge in [0.15, 0.2) is 0 Å². The van der Waals surface area contributed by atoms with Gasteiger partial charge in [0, 0.05) is 47.0 Å². The van der Waals surface area contributed by atoms with Crippen molar-refractivity contribution in [3.8, 4) is 0 Å². The van der Waals surface area contributed by atoms with E-state index in [9.17, 15) is 0 Å². The van der Waals surface area contributed by atoms with Crippen molar-refractivity contribution >= 4 is 23.2 Å². The van der Waals surface area contributed by atoms with Gasteiger partial charge >= 0.3 is 0 Å². The summed E-state index contributed by atoms with van der Waals surface area (Å²) in [6.45, 7) is 4.98. The molecular weight excluding hydrogens is 293 g/mol. The normalized spacial score (nSPS) is 11.1. The maximum Gasteiger partial charge on any atom is 0.132 e. The largest absolute Gasteiger partial charge is 0.310 e. The fraction of sp³-hybridized carbons (Fsp3) is 0.333. The maximum atomic E-state index is 6.15. The highest BCUT2D eigenvalue weighted by Gasteiger charge is 2.08. The van der Waals surface area contributed by atoms with Crippen molar-refractivity contribution < 1.29 is 0 Å². The molecule has 1 heterocycles. The molecule has 2 rings (SSSR count). The van der Waals surface area contributed by atoms with E-state index in [2.05, 4.69) is 29.1 Å². The van der Waals surface area contributed by atoms with E-state index in [0.29, 0.717) is 28.3 Å². The summed E-state index contributed by atoms with van der Waals surface area (Å²) >= 11 is 12.3. The van der Waals surface area contributed by atoms with Crippen LogP contribution in [0.4, 0.5) is 0 Å². The molecule has 0 saturated heterocycles. The van der Waals surface area contributed by atoms with E-state index in [1.165, 1.54) is 0 Å². The third-order valence-electron chi connectivity index (χ3n) is 2.87. The van der Waals surface area contributed by atoms with Crippen molar-refractivity contribution in [3.05, 3.63) is 57.6 Å². The number of aromatic nitrogens is 2. The van der Waals surface area contributed by atoms with E-state index in [0.717, 1.165) is 17.7 Å². The van der Waals surface area contributed by atoms with E-state index in [-0.39, 0.29) is 0 Å². The number of hydrogen-bond acceptors (Lipinski definition) is 3. The van der Waals surface area contributed by atoms with Crippen LogP contribution in [-0.2, 0) is 13.0 Å². The average Bonchev–Trinajstić information content (AvgIpc) is 2.42. The first kappa shape index (κ1) is 15.2. The van der Waals surface area contributed by atoms with E-state index in [1.807, 2.05) is 30.6 Å². The summed E-state index contributed by atoms with van der Waals surface area (Å²) in [5.74, 6) is 0.716. The molecule has 0 spiro atoms. The summed E-state index contributed by atoms with van der Waals surface area (Å²) < 4.78 is 0. The summed E-state index contributed by atoms with van der Waals surface area (Å²) in [5, 5.41) is 4.62. The van der Waals surface area contributed by atoms with Gasteiger partial charge in [0.2, 0.25) is 0 Å². The first-order valence-electron chi connectivity index (χ1n) is 6.52. The summed E-state index contributed by atoms with van der Waals surface area (Å²) in [6, 6.07) is 5.92. The Morgan fingerprint density at radius 3 is 2.25 bits per heavy atom. The van der Waals surface area contributed by atoms with Gasteiger partial charge in [-0.1, -0.05) is 43.1 Å². The Morgan fingerprint density at radius 1 is 1.10 bits per heavy atom. The van der Waals surface area contributed by atoms with E-state index in [1.54, 1.807) is 0 Å². The average molecular weight is 310 g/mol. The lowest BCUT2D eigenvalue weighted by atomic mass is 10.1. The summed E-state index contributed by atoms with van der Waals surface area (Å²) in [4.78, 5) is 8.73. The maximum absolute atomic E-state index is 6.15. The highest BCUT2D eigenvalue weighted by atomic mass is 35.5. The highest BCUT2D eigenvalue weighted by molar-refractivity contribution is 6.36. The molecule has 1 N–H and O–H groups in total. The van der Waals surface area contributed by atoms with Crippen molar-refractivity contribution in [2.75, 3.05) is 0 Å². The van der Waals surface area contributed by atoms with Gasteiger partial charge in [-0.05, 0) is 17.7 Å². The number of nitrogens with zero attached hydrogens (tertiary/aromatic N) is 2. The molecular formula is C15H17Cl2N3. The molecule has 1 aromatic heterocycles. The minimum Gasteiger partial charge on any atom is -0.310 e. The second kappa shape index (κ2) is 7.02. The van der Waals surface area contributed by atoms with Crippen molar-refractivity contribution in [2.24, 2.45) is 0 Å². The second-order valence-electron chi connectivity index (χ2n) is 4.92. The first-order chi connectivity index (χ1) is 9.56. The Balaban J connectivity index is 2.07. The number of hydrogen-bond donors (Lipinski definition) is 1. The van der Waals surface area contributed by atoms with Gasteiger partial charge in [-0.15, -0.1) is 0 Å². The van der Waals surface area contributed by atoms with Crippen LogP contribution in [0.3, 0.4) is 0 Å². The third kappa shape index (κ3) is 4.17. The molecule has 0 saturated carbocycles. The van der Waals surface area contributed by atoms with Gasteiger partial charge < -0.3 is 5.32 Å². The van der Waals surface area contributed by atoms with Crippen LogP contribution in [0.2, 0.25) is 10.0 Å². The quantitative estimate of drug-likeness (QED) is 0.911. The van der Waals surface area contributed by atoms with Crippen molar-refractivity contribution in [2.45, 2.75) is 32.9 Å². The fourth-order valence-electron chi connectivity index (χ4n) is 1.75. The van der Waals surface area contributed by atoms with Crippen LogP contribution in [0.1, 0.15) is 30.8 Å². The first-order valence-corrected chi connectivity index (χ1v) is 7.28. The molecule has 0 aliphatic rings. The Labute approximate surface area is 129 Å². The van der Waals surface area contributed by atoms with Crippen LogP contribution in [0.25, 0.3) is 0 Å². The molecule has 5 heteroatoms. The molecule has 3 nitrogen and oxygen atoms in total. The third-order valence-corrected chi connectivity index (χ3v) is 3.58. The number of benzene rings is 1. The molecule has 106 valence electrons. The van der Waals surface area contributed by atoms with Crippen molar-refractivity contribution in [3.63, 3.8) is 0 Å². The predicted molar refractivity (Wildman–Crippen MR) is 83.3 cm³/mol. The van der Waals surface area contributed by atoms with Crippen LogP contribution in [-0.4, -0.2) is 16.0 Å². The molecule has 1 aromatic carbocycles. The van der Waals surface area contributed by atoms with E-state index < -0.39 is 0 Å². The highest BCUT2D eigenvalue weighted by Crippen LogP contribution is 2.25. The summed E-state index contributed by atoms with van der Waals surface area (Å²) in [6.07, 6.45) is 4.21. The predicted octanol–water partition coefficient (Wildman–Crippen LogP) is 3.87. The molecule has 0 bridgehead atoms. The van der Waals surface area contributed by atoms with Crippen LogP contribution >= 0.6 is 23.2 Å². The zero-order valence-electron chi connectivity index (χ0n) is 11.5. The molecule has 0 fully saturated rings. The Hall–Kier alpha value is -1.16. The van der Waals surface area contributed by atoms with Gasteiger partial charge in [-0.25, -0.2) is 9.97 Å². The molecule has 0 atom stereocenters. The molecule has 0 aliphatic heterocycles. The van der Waals surface area contributed by atoms with Gasteiger partial charge in [-0.2, -0.15) is 0 Å². The van der Waals surface area contributed by atoms with Gasteiger partial charge in [-0.3, -0.25) is 0 Å². The zero-order chi connectivity index (χ0) is 14.5. The van der Waals surface area contributed by atoms with Crippen LogP contribution in [0.5, 0.6) is 0 Å². The van der Waals surface area contributed by atoms with Crippen LogP contribution in [0, 0.1) is 0 Å². The minimum atomic E-state index is 0.441. The topological polar surface area (TPSA) is 37.8 Å². The molecule has 20 heavy (non-hydrogen) atoms. The molecule has 0 radical (unpaired) electrons. The van der Waals surface area contributed by atoms with Gasteiger partial charge in [0.1, 0.15) is 5.82 Å². The van der Waals surface area contributed by atoms with E-state index in [4.69, 9.17) is 23.2 Å². The number of halogens is 2. The Kier molecular flexibility index (Phi) is 5.35. The van der Waals surface area contributed by atoms with Crippen molar-refractivity contribution in [1.29, 1.82) is 0 Å². The second-order valence-corrected chi connectivity index (χ2v) is 5.73. The summed E-state index contributed by atoms with van der Waals surface area (Å²) in [7, 11) is 0. The molecule has 0 aliphatic carbocycles. The van der Waals surface area contributed by atoms with Crippen molar-refractivity contribution in [1.82, 2.24) is 15.3 Å². The van der Waals surface area contributed by atoms with E-state index >= 15 is 0 Å². The molecule has 2 aromatic rings. The zero-order valence-corrected chi connectivity index (χ0v) is 13.0. The van der Waals surface area contributed by atoms with Gasteiger partial charge in [0.25, 0.3) is 0 Å². The molecule has 0 unspecified atom stereocenters. The number of rotatable bonds is 5. The monoisotopic (exact) mass is 309 g/mol. The Bertz CT molecular complexity index is 548. The lowest BCUT2D eigenvalue weighted by Crippen LogP contribution is -2.22. The lowest BCUT2D eigenvalue weighted by molar-refractivity contribution is 0.586. The summed E-state index contributed by atoms with van der Waals surface area (Å²) in [5.41, 5.74) is 1.93. The fourth-order valence-corrected chi connectivity index (χ4v) is 2.28. The lowest BCUT2D eigenvalue weighted by Gasteiger charge is -2.08.